The molecule has 1 unspecified atom stereocenters. The van der Waals surface area contributed by atoms with Crippen LogP contribution in [0.2, 0.25) is 0 Å². The predicted molar refractivity (Wildman–Crippen MR) is 83.5 cm³/mol. The third-order valence-corrected chi connectivity index (χ3v) is 4.25. The molecule has 0 amide bonds. The molecule has 2 N–H and O–H groups in total. The van der Waals surface area contributed by atoms with Crippen LogP contribution in [0.25, 0.3) is 0 Å². The Bertz CT molecular complexity index is 596. The summed E-state index contributed by atoms with van der Waals surface area (Å²) in [5.41, 5.74) is 7.32. The Balaban J connectivity index is 2.33. The van der Waals surface area contributed by atoms with Gasteiger partial charge in [-0.1, -0.05) is 56.1 Å². The summed E-state index contributed by atoms with van der Waals surface area (Å²) >= 11 is 6.75. The van der Waals surface area contributed by atoms with E-state index in [1.165, 1.54) is 6.07 Å². The van der Waals surface area contributed by atoms with E-state index in [0.29, 0.717) is 12.0 Å². The quantitative estimate of drug-likeness (QED) is 0.807. The minimum atomic E-state index is -0.630. The molecule has 0 aliphatic rings. The second-order valence-electron chi connectivity index (χ2n) is 4.81. The number of hydrogen-bond donors (Lipinski definition) is 1. The van der Waals surface area contributed by atoms with Gasteiger partial charge in [0.2, 0.25) is 0 Å². The Morgan fingerprint density at radius 1 is 1.16 bits per heavy atom. The zero-order valence-electron chi connectivity index (χ0n) is 10.5. The first kappa shape index (κ1) is 14.7. The monoisotopic (exact) mass is 385 g/mol. The second kappa shape index (κ2) is 5.73. The Morgan fingerprint density at radius 2 is 1.84 bits per heavy atom. The molecule has 1 atom stereocenters. The predicted octanol–water partition coefficient (Wildman–Crippen LogP) is 4.77. The average Bonchev–Trinajstić information content (AvgIpc) is 2.33. The van der Waals surface area contributed by atoms with Gasteiger partial charge in [-0.05, 0) is 42.7 Å². The van der Waals surface area contributed by atoms with Gasteiger partial charge in [-0.2, -0.15) is 0 Å². The lowest BCUT2D eigenvalue weighted by molar-refractivity contribution is 0.473. The minimum absolute atomic E-state index is 0.238. The topological polar surface area (TPSA) is 26.0 Å². The maximum Gasteiger partial charge on any atom is 0.127 e. The van der Waals surface area contributed by atoms with Gasteiger partial charge >= 0.3 is 0 Å². The van der Waals surface area contributed by atoms with Gasteiger partial charge in [-0.15, -0.1) is 0 Å². The molecular weight excluding hydrogens is 373 g/mol. The third kappa shape index (κ3) is 3.44. The van der Waals surface area contributed by atoms with E-state index in [2.05, 4.69) is 31.9 Å². The fourth-order valence-electron chi connectivity index (χ4n) is 2.08. The van der Waals surface area contributed by atoms with Crippen LogP contribution < -0.4 is 5.73 Å². The fraction of sp³-hybridized carbons (Fsp3) is 0.200. The number of halogens is 3. The third-order valence-electron chi connectivity index (χ3n) is 3.06. The summed E-state index contributed by atoms with van der Waals surface area (Å²) in [5.74, 6) is -0.238. The Hall–Kier alpha value is -0.710. The highest BCUT2D eigenvalue weighted by atomic mass is 79.9. The van der Waals surface area contributed by atoms with E-state index in [1.807, 2.05) is 37.3 Å². The van der Waals surface area contributed by atoms with E-state index in [4.69, 9.17) is 5.73 Å². The minimum Gasteiger partial charge on any atom is -0.321 e. The van der Waals surface area contributed by atoms with Gasteiger partial charge in [0.25, 0.3) is 0 Å². The van der Waals surface area contributed by atoms with Crippen molar-refractivity contribution in [3.63, 3.8) is 0 Å². The van der Waals surface area contributed by atoms with Crippen molar-refractivity contribution < 1.29 is 4.39 Å². The molecule has 0 fully saturated rings. The van der Waals surface area contributed by atoms with Gasteiger partial charge in [0.15, 0.2) is 0 Å². The first-order chi connectivity index (χ1) is 8.90. The van der Waals surface area contributed by atoms with E-state index in [9.17, 15) is 4.39 Å². The summed E-state index contributed by atoms with van der Waals surface area (Å²) in [6.07, 6.45) is 0.439. The van der Waals surface area contributed by atoms with Gasteiger partial charge in [-0.3, -0.25) is 0 Å². The second-order valence-corrected chi connectivity index (χ2v) is 6.58. The van der Waals surface area contributed by atoms with Crippen LogP contribution in [0, 0.1) is 5.82 Å². The fourth-order valence-corrected chi connectivity index (χ4v) is 3.15. The van der Waals surface area contributed by atoms with Crippen LogP contribution in [0.5, 0.6) is 0 Å². The van der Waals surface area contributed by atoms with E-state index in [0.717, 1.165) is 14.5 Å². The van der Waals surface area contributed by atoms with E-state index >= 15 is 0 Å². The number of hydrogen-bond acceptors (Lipinski definition) is 1. The average molecular weight is 387 g/mol. The summed E-state index contributed by atoms with van der Waals surface area (Å²) in [6, 6.07) is 12.8. The van der Waals surface area contributed by atoms with E-state index in [1.54, 1.807) is 6.07 Å². The van der Waals surface area contributed by atoms with Gasteiger partial charge in [0.1, 0.15) is 5.82 Å². The number of benzene rings is 2. The molecule has 0 aliphatic carbocycles. The van der Waals surface area contributed by atoms with Crippen molar-refractivity contribution in [3.8, 4) is 0 Å². The lowest BCUT2D eigenvalue weighted by Gasteiger charge is -2.27. The van der Waals surface area contributed by atoms with Crippen molar-refractivity contribution in [2.75, 3.05) is 0 Å². The summed E-state index contributed by atoms with van der Waals surface area (Å²) in [5, 5.41) is 0. The summed E-state index contributed by atoms with van der Waals surface area (Å²) in [4.78, 5) is 0. The smallest absolute Gasteiger partial charge is 0.127 e. The van der Waals surface area contributed by atoms with Crippen LogP contribution in [-0.2, 0) is 12.0 Å². The summed E-state index contributed by atoms with van der Waals surface area (Å²) in [6.45, 7) is 1.91. The van der Waals surface area contributed by atoms with Crippen molar-refractivity contribution in [3.05, 3.63) is 68.4 Å². The van der Waals surface area contributed by atoms with Crippen LogP contribution in [0.3, 0.4) is 0 Å². The van der Waals surface area contributed by atoms with Crippen molar-refractivity contribution >= 4 is 31.9 Å². The highest BCUT2D eigenvalue weighted by Crippen LogP contribution is 2.30. The molecule has 2 aromatic rings. The summed E-state index contributed by atoms with van der Waals surface area (Å²) < 4.78 is 15.6. The normalized spacial score (nSPS) is 14.2. The van der Waals surface area contributed by atoms with Crippen LogP contribution in [0.4, 0.5) is 4.39 Å². The van der Waals surface area contributed by atoms with Crippen molar-refractivity contribution in [2.45, 2.75) is 18.9 Å². The molecule has 2 rings (SSSR count). The molecule has 100 valence electrons. The lowest BCUT2D eigenvalue weighted by atomic mass is 9.86. The molecule has 1 nitrogen and oxygen atoms in total. The van der Waals surface area contributed by atoms with Crippen molar-refractivity contribution in [1.29, 1.82) is 0 Å². The van der Waals surface area contributed by atoms with Gasteiger partial charge in [0, 0.05) is 14.5 Å². The molecule has 19 heavy (non-hydrogen) atoms. The standard InChI is InChI=1S/C15H14Br2FN/c1-15(19,12-4-2-3-5-13(12)17)9-10-6-7-11(16)8-14(10)18/h2-8H,9,19H2,1H3. The van der Waals surface area contributed by atoms with Crippen molar-refractivity contribution in [1.82, 2.24) is 0 Å². The van der Waals surface area contributed by atoms with Crippen LogP contribution in [0.1, 0.15) is 18.1 Å². The van der Waals surface area contributed by atoms with E-state index in [-0.39, 0.29) is 5.82 Å². The first-order valence-electron chi connectivity index (χ1n) is 5.88. The maximum atomic E-state index is 13.9. The maximum absolute atomic E-state index is 13.9. The molecule has 0 heterocycles. The zero-order chi connectivity index (χ0) is 14.0. The van der Waals surface area contributed by atoms with Gasteiger partial charge in [-0.25, -0.2) is 4.39 Å². The molecule has 4 heteroatoms. The van der Waals surface area contributed by atoms with Gasteiger partial charge in [0.05, 0.1) is 0 Å². The Kier molecular flexibility index (Phi) is 4.43. The van der Waals surface area contributed by atoms with E-state index < -0.39 is 5.54 Å². The number of rotatable bonds is 3. The lowest BCUT2D eigenvalue weighted by Crippen LogP contribution is -2.36. The summed E-state index contributed by atoms with van der Waals surface area (Å²) in [7, 11) is 0. The molecule has 0 radical (unpaired) electrons. The number of nitrogens with two attached hydrogens (primary N) is 1. The molecule has 0 aromatic heterocycles. The van der Waals surface area contributed by atoms with Crippen molar-refractivity contribution in [2.24, 2.45) is 5.73 Å². The van der Waals surface area contributed by atoms with Gasteiger partial charge < -0.3 is 5.73 Å². The van der Waals surface area contributed by atoms with Crippen LogP contribution >= 0.6 is 31.9 Å². The largest absolute Gasteiger partial charge is 0.321 e. The molecular formula is C15H14Br2FN. The highest BCUT2D eigenvalue weighted by Gasteiger charge is 2.25. The first-order valence-corrected chi connectivity index (χ1v) is 7.46. The Morgan fingerprint density at radius 3 is 2.47 bits per heavy atom. The molecule has 2 aromatic carbocycles. The molecule has 0 spiro atoms. The van der Waals surface area contributed by atoms with Crippen LogP contribution in [-0.4, -0.2) is 0 Å². The zero-order valence-corrected chi connectivity index (χ0v) is 13.6. The molecule has 0 saturated heterocycles. The highest BCUT2D eigenvalue weighted by molar-refractivity contribution is 9.10. The van der Waals surface area contributed by atoms with Crippen LogP contribution in [0.15, 0.2) is 51.4 Å². The SMILES string of the molecule is CC(N)(Cc1ccc(Br)cc1F)c1ccccc1Br. The molecule has 0 bridgehead atoms. The Labute approximate surface area is 129 Å². The molecule has 0 saturated carbocycles. The molecule has 0 aliphatic heterocycles.